The highest BCUT2D eigenvalue weighted by Crippen LogP contribution is 2.23. The smallest absolute Gasteiger partial charge is 0.414 e. The number of alkyl halides is 3. The number of aliphatic hydroxyl groups is 1. The maximum Gasteiger partial charge on any atom is 0.414 e. The first-order valence-corrected chi connectivity index (χ1v) is 3.92. The molecular weight excluding hydrogens is 197 g/mol. The van der Waals surface area contributed by atoms with Crippen LogP contribution in [0.3, 0.4) is 0 Å². The van der Waals surface area contributed by atoms with Crippen LogP contribution in [0.2, 0.25) is 0 Å². The van der Waals surface area contributed by atoms with Gasteiger partial charge in [-0.15, -0.1) is 0 Å². The average molecular weight is 206 g/mol. The van der Waals surface area contributed by atoms with E-state index in [0.717, 1.165) is 0 Å². The third kappa shape index (κ3) is 2.92. The van der Waals surface area contributed by atoms with E-state index in [1.807, 2.05) is 0 Å². The van der Waals surface area contributed by atoms with Crippen LogP contribution in [0, 0.1) is 0 Å². The van der Waals surface area contributed by atoms with Crippen molar-refractivity contribution >= 4 is 0 Å². The molecule has 0 amide bonds. The van der Waals surface area contributed by atoms with Crippen LogP contribution in [0.25, 0.3) is 0 Å². The molecule has 2 nitrogen and oxygen atoms in total. The molecule has 1 rings (SSSR count). The molecule has 0 saturated carbocycles. The van der Waals surface area contributed by atoms with Gasteiger partial charge in [0.15, 0.2) is 6.10 Å². The predicted octanol–water partition coefficient (Wildman–Crippen LogP) is 1.86. The lowest BCUT2D eigenvalue weighted by atomic mass is 10.1. The Bertz CT molecular complexity index is 309. The lowest BCUT2D eigenvalue weighted by molar-refractivity contribution is -0.203. The lowest BCUT2D eigenvalue weighted by Gasteiger charge is -2.14. The molecule has 0 aliphatic heterocycles. The van der Waals surface area contributed by atoms with Crippen LogP contribution in [0.15, 0.2) is 24.3 Å². The molecule has 0 spiro atoms. The van der Waals surface area contributed by atoms with Crippen LogP contribution < -0.4 is 0 Å². The van der Waals surface area contributed by atoms with Crippen LogP contribution in [0.4, 0.5) is 13.2 Å². The minimum Gasteiger partial charge on any atom is -0.508 e. The summed E-state index contributed by atoms with van der Waals surface area (Å²) in [5.41, 5.74) is 0.245. The number of hydrogen-bond acceptors (Lipinski definition) is 2. The molecule has 0 bridgehead atoms. The van der Waals surface area contributed by atoms with E-state index in [1.54, 1.807) is 0 Å². The van der Waals surface area contributed by atoms with E-state index in [4.69, 9.17) is 10.2 Å². The molecule has 1 atom stereocenters. The van der Waals surface area contributed by atoms with Crippen LogP contribution in [0.5, 0.6) is 5.75 Å². The van der Waals surface area contributed by atoms with Gasteiger partial charge in [-0.05, 0) is 17.7 Å². The van der Waals surface area contributed by atoms with Crippen molar-refractivity contribution in [2.24, 2.45) is 0 Å². The Morgan fingerprint density at radius 2 is 1.93 bits per heavy atom. The Labute approximate surface area is 78.6 Å². The van der Waals surface area contributed by atoms with Crippen molar-refractivity contribution in [1.82, 2.24) is 0 Å². The fourth-order valence-corrected chi connectivity index (χ4v) is 1.02. The summed E-state index contributed by atoms with van der Waals surface area (Å²) >= 11 is 0. The van der Waals surface area contributed by atoms with Gasteiger partial charge >= 0.3 is 6.18 Å². The zero-order valence-electron chi connectivity index (χ0n) is 7.12. The number of aliphatic hydroxyl groups excluding tert-OH is 1. The first-order chi connectivity index (χ1) is 6.39. The fraction of sp³-hybridized carbons (Fsp3) is 0.333. The number of phenols is 1. The molecule has 0 heterocycles. The summed E-state index contributed by atoms with van der Waals surface area (Å²) in [4.78, 5) is 0. The second kappa shape index (κ2) is 3.88. The van der Waals surface area contributed by atoms with Gasteiger partial charge in [-0.25, -0.2) is 0 Å². The molecule has 5 heteroatoms. The summed E-state index contributed by atoms with van der Waals surface area (Å²) in [6.45, 7) is 0. The highest BCUT2D eigenvalue weighted by Gasteiger charge is 2.37. The van der Waals surface area contributed by atoms with Crippen LogP contribution >= 0.6 is 0 Å². The Hall–Kier alpha value is -1.23. The summed E-state index contributed by atoms with van der Waals surface area (Å²) < 4.78 is 35.8. The molecule has 0 aliphatic rings. The molecular formula is C9H9F3O2. The van der Waals surface area contributed by atoms with E-state index in [0.29, 0.717) is 0 Å². The van der Waals surface area contributed by atoms with Crippen molar-refractivity contribution in [3.63, 3.8) is 0 Å². The van der Waals surface area contributed by atoms with Gasteiger partial charge < -0.3 is 10.2 Å². The van der Waals surface area contributed by atoms with Crippen LogP contribution in [-0.4, -0.2) is 22.5 Å². The topological polar surface area (TPSA) is 40.5 Å². The van der Waals surface area contributed by atoms with Gasteiger partial charge in [0.2, 0.25) is 0 Å². The molecule has 78 valence electrons. The van der Waals surface area contributed by atoms with E-state index < -0.39 is 18.7 Å². The Balaban J connectivity index is 2.70. The molecule has 0 aliphatic carbocycles. The lowest BCUT2D eigenvalue weighted by Crippen LogP contribution is -2.30. The summed E-state index contributed by atoms with van der Waals surface area (Å²) in [5, 5.41) is 17.7. The summed E-state index contributed by atoms with van der Waals surface area (Å²) in [5.74, 6) is -0.114. The van der Waals surface area contributed by atoms with Crippen molar-refractivity contribution in [3.05, 3.63) is 29.8 Å². The molecule has 1 aromatic rings. The minimum atomic E-state index is -4.62. The number of aromatic hydroxyl groups is 1. The molecule has 1 aromatic carbocycles. The number of phenolic OH excluding ortho intramolecular Hbond substituents is 1. The summed E-state index contributed by atoms with van der Waals surface area (Å²) in [6.07, 6.45) is -7.55. The molecule has 0 radical (unpaired) electrons. The van der Waals surface area contributed by atoms with Gasteiger partial charge in [0, 0.05) is 6.42 Å². The fourth-order valence-electron chi connectivity index (χ4n) is 1.02. The molecule has 0 fully saturated rings. The van der Waals surface area contributed by atoms with Crippen LogP contribution in [0.1, 0.15) is 5.56 Å². The van der Waals surface area contributed by atoms with E-state index in [-0.39, 0.29) is 11.3 Å². The monoisotopic (exact) mass is 206 g/mol. The first kappa shape index (κ1) is 10.8. The first-order valence-electron chi connectivity index (χ1n) is 3.92. The zero-order valence-corrected chi connectivity index (χ0v) is 7.12. The molecule has 14 heavy (non-hydrogen) atoms. The SMILES string of the molecule is Oc1cccc(C[C@H](O)C(F)(F)F)c1. The Morgan fingerprint density at radius 3 is 2.43 bits per heavy atom. The van der Waals surface area contributed by atoms with Gasteiger partial charge in [-0.3, -0.25) is 0 Å². The summed E-state index contributed by atoms with van der Waals surface area (Å²) in [6, 6.07) is 5.38. The third-order valence-electron chi connectivity index (χ3n) is 1.72. The van der Waals surface area contributed by atoms with Crippen molar-refractivity contribution in [3.8, 4) is 5.75 Å². The normalized spacial score (nSPS) is 14.0. The predicted molar refractivity (Wildman–Crippen MR) is 43.9 cm³/mol. The maximum absolute atomic E-state index is 11.9. The summed E-state index contributed by atoms with van der Waals surface area (Å²) in [7, 11) is 0. The highest BCUT2D eigenvalue weighted by molar-refractivity contribution is 5.27. The average Bonchev–Trinajstić information content (AvgIpc) is 2.02. The van der Waals surface area contributed by atoms with Crippen molar-refractivity contribution in [1.29, 1.82) is 0 Å². The van der Waals surface area contributed by atoms with Gasteiger partial charge in [-0.1, -0.05) is 12.1 Å². The molecule has 0 saturated heterocycles. The Morgan fingerprint density at radius 1 is 1.29 bits per heavy atom. The highest BCUT2D eigenvalue weighted by atomic mass is 19.4. The van der Waals surface area contributed by atoms with Crippen LogP contribution in [-0.2, 0) is 6.42 Å². The van der Waals surface area contributed by atoms with E-state index in [9.17, 15) is 13.2 Å². The molecule has 0 unspecified atom stereocenters. The minimum absolute atomic E-state index is 0.114. The van der Waals surface area contributed by atoms with E-state index in [2.05, 4.69) is 0 Å². The maximum atomic E-state index is 11.9. The Kier molecular flexibility index (Phi) is 3.00. The van der Waals surface area contributed by atoms with Gasteiger partial charge in [0.25, 0.3) is 0 Å². The number of halogens is 3. The van der Waals surface area contributed by atoms with Gasteiger partial charge in [0.1, 0.15) is 5.75 Å². The zero-order chi connectivity index (χ0) is 10.8. The van der Waals surface area contributed by atoms with Gasteiger partial charge in [0.05, 0.1) is 0 Å². The molecule has 2 N–H and O–H groups in total. The number of benzene rings is 1. The van der Waals surface area contributed by atoms with Crippen molar-refractivity contribution < 1.29 is 23.4 Å². The quantitative estimate of drug-likeness (QED) is 0.775. The van der Waals surface area contributed by atoms with E-state index >= 15 is 0 Å². The van der Waals surface area contributed by atoms with Gasteiger partial charge in [-0.2, -0.15) is 13.2 Å². The number of rotatable bonds is 2. The molecule has 0 aromatic heterocycles. The second-order valence-electron chi connectivity index (χ2n) is 2.93. The van der Waals surface area contributed by atoms with Crippen molar-refractivity contribution in [2.45, 2.75) is 18.7 Å². The third-order valence-corrected chi connectivity index (χ3v) is 1.72. The van der Waals surface area contributed by atoms with E-state index in [1.165, 1.54) is 24.3 Å². The second-order valence-corrected chi connectivity index (χ2v) is 2.93. The largest absolute Gasteiger partial charge is 0.508 e. The van der Waals surface area contributed by atoms with Crippen molar-refractivity contribution in [2.75, 3.05) is 0 Å². The number of hydrogen-bond donors (Lipinski definition) is 2. The standard InChI is InChI=1S/C9H9F3O2/c10-9(11,12)8(14)5-6-2-1-3-7(13)4-6/h1-4,8,13-14H,5H2/t8-/m0/s1.